The highest BCUT2D eigenvalue weighted by atomic mass is 32.2. The number of ether oxygens (including phenoxy) is 1. The first-order valence-electron chi connectivity index (χ1n) is 9.19. The van der Waals surface area contributed by atoms with E-state index in [0.29, 0.717) is 11.9 Å². The average Bonchev–Trinajstić information content (AvgIpc) is 3.36. The van der Waals surface area contributed by atoms with E-state index in [-0.39, 0.29) is 5.54 Å². The van der Waals surface area contributed by atoms with Crippen LogP contribution in [0.5, 0.6) is 0 Å². The summed E-state index contributed by atoms with van der Waals surface area (Å²) in [5, 5.41) is 6.67. The van der Waals surface area contributed by atoms with E-state index in [1.54, 1.807) is 0 Å². The third-order valence-electron chi connectivity index (χ3n) is 5.55. The molecule has 2 atom stereocenters. The van der Waals surface area contributed by atoms with Crippen molar-refractivity contribution in [3.63, 3.8) is 0 Å². The summed E-state index contributed by atoms with van der Waals surface area (Å²) in [6.45, 7) is 7.12. The lowest BCUT2D eigenvalue weighted by atomic mass is 9.94. The van der Waals surface area contributed by atoms with Crippen LogP contribution < -0.4 is 10.7 Å². The molecule has 2 fully saturated rings. The summed E-state index contributed by atoms with van der Waals surface area (Å²) < 4.78 is 9.89. The molecule has 5 heterocycles. The minimum Gasteiger partial charge on any atom is -0.381 e. The van der Waals surface area contributed by atoms with Gasteiger partial charge in [-0.3, -0.25) is 4.90 Å². The van der Waals surface area contributed by atoms with Gasteiger partial charge in [-0.05, 0) is 43.3 Å². The van der Waals surface area contributed by atoms with E-state index in [9.17, 15) is 0 Å². The second kappa shape index (κ2) is 6.79. The molecule has 0 aromatic carbocycles. The molecule has 0 radical (unpaired) electrons. The van der Waals surface area contributed by atoms with E-state index >= 15 is 0 Å². The number of hydrazine groups is 1. The molecule has 1 aromatic rings. The minimum absolute atomic E-state index is 0.0288. The van der Waals surface area contributed by atoms with Gasteiger partial charge in [0, 0.05) is 31.1 Å². The van der Waals surface area contributed by atoms with Crippen LogP contribution in [0.3, 0.4) is 0 Å². The highest BCUT2D eigenvalue weighted by Crippen LogP contribution is 2.48. The van der Waals surface area contributed by atoms with Gasteiger partial charge in [0.25, 0.3) is 0 Å². The first-order chi connectivity index (χ1) is 12.7. The molecule has 0 aliphatic carbocycles. The van der Waals surface area contributed by atoms with Crippen LogP contribution in [-0.2, 0) is 4.74 Å². The normalized spacial score (nSPS) is 31.8. The molecule has 2 unspecified atom stereocenters. The van der Waals surface area contributed by atoms with Gasteiger partial charge in [-0.2, -0.15) is 9.38 Å². The lowest BCUT2D eigenvalue weighted by Crippen LogP contribution is -2.46. The molecule has 0 saturated carbocycles. The molecule has 2 saturated heterocycles. The SMILES string of the molecule is Cc1nc(NC2=CC34CCN(CC5CCOC5)CC=C3SCN4N2)ns1. The number of nitrogens with zero attached hydrogens (tertiary/aromatic N) is 4. The second-order valence-electron chi connectivity index (χ2n) is 7.37. The van der Waals surface area contributed by atoms with Gasteiger partial charge >= 0.3 is 0 Å². The Morgan fingerprint density at radius 1 is 1.50 bits per heavy atom. The number of thioether (sulfide) groups is 1. The lowest BCUT2D eigenvalue weighted by molar-refractivity contribution is 0.149. The van der Waals surface area contributed by atoms with E-state index in [1.165, 1.54) is 22.9 Å². The third-order valence-corrected chi connectivity index (χ3v) is 7.39. The van der Waals surface area contributed by atoms with E-state index in [0.717, 1.165) is 56.0 Å². The van der Waals surface area contributed by atoms with Crippen LogP contribution in [-0.4, -0.2) is 63.5 Å². The smallest absolute Gasteiger partial charge is 0.240 e. The number of aryl methyl sites for hydroxylation is 1. The fourth-order valence-corrected chi connectivity index (χ4v) is 5.90. The van der Waals surface area contributed by atoms with Gasteiger partial charge in [-0.15, -0.1) is 11.8 Å². The predicted molar refractivity (Wildman–Crippen MR) is 105 cm³/mol. The fourth-order valence-electron chi connectivity index (χ4n) is 4.20. The number of rotatable bonds is 4. The van der Waals surface area contributed by atoms with Crippen molar-refractivity contribution in [3.05, 3.63) is 27.9 Å². The fraction of sp³-hybridized carbons (Fsp3) is 0.647. The molecule has 1 aromatic heterocycles. The van der Waals surface area contributed by atoms with Crippen molar-refractivity contribution in [2.24, 2.45) is 5.92 Å². The molecule has 7 nitrogen and oxygen atoms in total. The number of aromatic nitrogens is 2. The van der Waals surface area contributed by atoms with Crippen molar-refractivity contribution in [1.29, 1.82) is 0 Å². The zero-order chi connectivity index (χ0) is 17.6. The van der Waals surface area contributed by atoms with Gasteiger partial charge in [-0.25, -0.2) is 4.98 Å². The van der Waals surface area contributed by atoms with Crippen LogP contribution in [0.4, 0.5) is 5.95 Å². The van der Waals surface area contributed by atoms with Gasteiger partial charge in [0.05, 0.1) is 18.0 Å². The molecular formula is C17H24N6OS2. The molecule has 4 aliphatic rings. The Kier molecular flexibility index (Phi) is 4.44. The lowest BCUT2D eigenvalue weighted by Gasteiger charge is -2.31. The molecule has 1 spiro atoms. The Hall–Kier alpha value is -1.13. The summed E-state index contributed by atoms with van der Waals surface area (Å²) in [6.07, 6.45) is 7.06. The highest BCUT2D eigenvalue weighted by molar-refractivity contribution is 8.03. The monoisotopic (exact) mass is 392 g/mol. The van der Waals surface area contributed by atoms with Gasteiger partial charge in [0.1, 0.15) is 10.8 Å². The van der Waals surface area contributed by atoms with Crippen molar-refractivity contribution in [3.8, 4) is 0 Å². The van der Waals surface area contributed by atoms with E-state index in [1.807, 2.05) is 18.7 Å². The van der Waals surface area contributed by atoms with Gasteiger partial charge in [0.15, 0.2) is 0 Å². The topological polar surface area (TPSA) is 65.6 Å². The Morgan fingerprint density at radius 2 is 2.46 bits per heavy atom. The first kappa shape index (κ1) is 17.0. The zero-order valence-electron chi connectivity index (χ0n) is 14.9. The maximum atomic E-state index is 5.55. The molecule has 4 aliphatic heterocycles. The van der Waals surface area contributed by atoms with Crippen LogP contribution in [0.25, 0.3) is 0 Å². The standard InChI is InChI=1S/C17H24N6OS2/c1-12-18-16(21-26-12)19-15-8-17-4-6-22(9-13-3-7-24-10-13)5-2-14(17)25-11-23(17)20-15/h2,8,13,20H,3-7,9-11H2,1H3,(H,19,21). The molecule has 0 bridgehead atoms. The third kappa shape index (κ3) is 3.05. The predicted octanol–water partition coefficient (Wildman–Crippen LogP) is 1.99. The molecule has 2 N–H and O–H groups in total. The Morgan fingerprint density at radius 3 is 3.27 bits per heavy atom. The molecular weight excluding hydrogens is 368 g/mol. The van der Waals surface area contributed by atoms with Crippen molar-refractivity contribution in [1.82, 2.24) is 24.7 Å². The summed E-state index contributed by atoms with van der Waals surface area (Å²) >= 11 is 3.38. The van der Waals surface area contributed by atoms with Crippen LogP contribution in [0.15, 0.2) is 22.9 Å². The number of hydrogen-bond donors (Lipinski definition) is 2. The largest absolute Gasteiger partial charge is 0.381 e. The van der Waals surface area contributed by atoms with Gasteiger partial charge in [0.2, 0.25) is 5.95 Å². The summed E-state index contributed by atoms with van der Waals surface area (Å²) in [4.78, 5) is 8.47. The van der Waals surface area contributed by atoms with E-state index in [4.69, 9.17) is 4.74 Å². The number of anilines is 1. The van der Waals surface area contributed by atoms with Gasteiger partial charge in [-0.1, -0.05) is 6.08 Å². The van der Waals surface area contributed by atoms with E-state index in [2.05, 4.69) is 42.2 Å². The van der Waals surface area contributed by atoms with Crippen molar-refractivity contribution < 1.29 is 4.74 Å². The summed E-state index contributed by atoms with van der Waals surface area (Å²) in [5.74, 6) is 3.33. The summed E-state index contributed by atoms with van der Waals surface area (Å²) in [6, 6.07) is 0. The average molecular weight is 393 g/mol. The van der Waals surface area contributed by atoms with E-state index < -0.39 is 0 Å². The zero-order valence-corrected chi connectivity index (χ0v) is 16.5. The Labute approximate surface area is 162 Å². The maximum absolute atomic E-state index is 5.55. The van der Waals surface area contributed by atoms with Crippen LogP contribution in [0.1, 0.15) is 17.8 Å². The van der Waals surface area contributed by atoms with Crippen LogP contribution >= 0.6 is 23.3 Å². The van der Waals surface area contributed by atoms with Crippen molar-refractivity contribution in [2.45, 2.75) is 25.3 Å². The van der Waals surface area contributed by atoms with Crippen molar-refractivity contribution >= 4 is 29.2 Å². The number of hydrogen-bond acceptors (Lipinski definition) is 9. The number of nitrogens with one attached hydrogen (secondary N) is 2. The molecule has 0 amide bonds. The molecule has 26 heavy (non-hydrogen) atoms. The van der Waals surface area contributed by atoms with Crippen molar-refractivity contribution in [2.75, 3.05) is 44.0 Å². The van der Waals surface area contributed by atoms with Gasteiger partial charge < -0.3 is 15.5 Å². The first-order valence-corrected chi connectivity index (χ1v) is 11.0. The summed E-state index contributed by atoms with van der Waals surface area (Å²) in [7, 11) is 0. The molecule has 9 heteroatoms. The summed E-state index contributed by atoms with van der Waals surface area (Å²) in [5.41, 5.74) is 3.50. The molecule has 5 rings (SSSR count). The van der Waals surface area contributed by atoms with Crippen LogP contribution in [0, 0.1) is 12.8 Å². The molecule has 140 valence electrons. The maximum Gasteiger partial charge on any atom is 0.240 e. The second-order valence-corrected chi connectivity index (χ2v) is 9.31. The van der Waals surface area contributed by atoms with Crippen LogP contribution in [0.2, 0.25) is 0 Å². The highest BCUT2D eigenvalue weighted by Gasteiger charge is 2.49. The quantitative estimate of drug-likeness (QED) is 0.807. The Balaban J connectivity index is 1.32. The minimum atomic E-state index is -0.0288. The Bertz CT molecular complexity index is 743.